The number of carbonyl (C=O) groups excluding carboxylic acids is 1. The largest absolute Gasteiger partial charge is 0.481 e. The fourth-order valence-electron chi connectivity index (χ4n) is 3.16. The van der Waals surface area contributed by atoms with Gasteiger partial charge in [-0.3, -0.25) is 14.4 Å². The van der Waals surface area contributed by atoms with Crippen molar-refractivity contribution in [2.75, 3.05) is 0 Å². The van der Waals surface area contributed by atoms with Crippen LogP contribution in [-0.4, -0.2) is 28.1 Å². The van der Waals surface area contributed by atoms with Gasteiger partial charge in [0, 0.05) is 0 Å². The first-order valence-corrected chi connectivity index (χ1v) is 6.89. The van der Waals surface area contributed by atoms with Gasteiger partial charge in [-0.15, -0.1) is 0 Å². The van der Waals surface area contributed by atoms with Crippen molar-refractivity contribution in [2.24, 2.45) is 11.8 Å². The third-order valence-electron chi connectivity index (χ3n) is 4.22. The van der Waals surface area contributed by atoms with Gasteiger partial charge in [0.05, 0.1) is 17.9 Å². The van der Waals surface area contributed by atoms with E-state index in [1.807, 2.05) is 30.3 Å². The maximum atomic E-state index is 12.3. The number of nitrogens with zero attached hydrogens (tertiary/aromatic N) is 1. The molecule has 106 valence electrons. The molecule has 0 aromatic heterocycles. The fourth-order valence-corrected chi connectivity index (χ4v) is 3.16. The lowest BCUT2D eigenvalue weighted by Gasteiger charge is -2.24. The topological polar surface area (TPSA) is 66.8 Å². The van der Waals surface area contributed by atoms with Crippen molar-refractivity contribution in [3.63, 3.8) is 0 Å². The molecule has 3 rings (SSSR count). The maximum Gasteiger partial charge on any atom is 0.307 e. The van der Waals surface area contributed by atoms with Crippen LogP contribution in [0.4, 0.5) is 0 Å². The summed E-state index contributed by atoms with van der Waals surface area (Å²) in [5, 5.41) is 10.6. The summed E-state index contributed by atoms with van der Waals surface area (Å²) in [5.74, 6) is -2.01. The Morgan fingerprint density at radius 1 is 1.30 bits per heavy atom. The number of amides is 1. The van der Waals surface area contributed by atoms with Gasteiger partial charge in [0.2, 0.25) is 5.91 Å². The Balaban J connectivity index is 1.67. The van der Waals surface area contributed by atoms with E-state index in [1.165, 1.54) is 5.06 Å². The Morgan fingerprint density at radius 2 is 2.05 bits per heavy atom. The normalized spacial score (nSPS) is 28.7. The second-order valence-electron chi connectivity index (χ2n) is 5.44. The van der Waals surface area contributed by atoms with E-state index in [0.29, 0.717) is 25.9 Å². The first-order valence-electron chi connectivity index (χ1n) is 6.89. The van der Waals surface area contributed by atoms with Crippen LogP contribution in [0.1, 0.15) is 24.8 Å². The molecule has 1 heterocycles. The SMILES string of the molecule is O=C(O)[C@@H]1CC[C@@H]2CC1C(=O)N2OCc1ccccc1. The van der Waals surface area contributed by atoms with Crippen molar-refractivity contribution < 1.29 is 19.5 Å². The molecule has 1 amide bonds. The third-order valence-corrected chi connectivity index (χ3v) is 4.22. The van der Waals surface area contributed by atoms with Gasteiger partial charge < -0.3 is 5.11 Å². The summed E-state index contributed by atoms with van der Waals surface area (Å²) in [6, 6.07) is 9.67. The lowest BCUT2D eigenvalue weighted by atomic mass is 9.80. The van der Waals surface area contributed by atoms with Gasteiger partial charge in [0.15, 0.2) is 0 Å². The number of carboxylic acid groups (broad SMARTS) is 1. The van der Waals surface area contributed by atoms with E-state index in [4.69, 9.17) is 9.94 Å². The molecule has 2 aliphatic rings. The van der Waals surface area contributed by atoms with Crippen molar-refractivity contribution >= 4 is 11.9 Å². The Hall–Kier alpha value is -1.88. The van der Waals surface area contributed by atoms with Gasteiger partial charge in [-0.25, -0.2) is 5.06 Å². The van der Waals surface area contributed by atoms with Crippen LogP contribution in [-0.2, 0) is 21.0 Å². The Kier molecular flexibility index (Phi) is 3.44. The monoisotopic (exact) mass is 275 g/mol. The van der Waals surface area contributed by atoms with Crippen molar-refractivity contribution in [1.82, 2.24) is 5.06 Å². The molecule has 1 N–H and O–H groups in total. The van der Waals surface area contributed by atoms with Gasteiger partial charge in [-0.05, 0) is 24.8 Å². The zero-order valence-corrected chi connectivity index (χ0v) is 11.1. The van der Waals surface area contributed by atoms with Crippen LogP contribution < -0.4 is 0 Å². The summed E-state index contributed by atoms with van der Waals surface area (Å²) in [6.07, 6.45) is 1.86. The number of carboxylic acids is 1. The number of hydroxylamine groups is 2. The van der Waals surface area contributed by atoms with E-state index in [0.717, 1.165) is 5.56 Å². The van der Waals surface area contributed by atoms with E-state index in [-0.39, 0.29) is 11.9 Å². The molecule has 2 bridgehead atoms. The number of fused-ring (bicyclic) bond motifs is 2. The first-order chi connectivity index (χ1) is 9.66. The van der Waals surface area contributed by atoms with E-state index in [9.17, 15) is 9.59 Å². The molecule has 3 atom stereocenters. The van der Waals surface area contributed by atoms with Crippen LogP contribution in [0.15, 0.2) is 30.3 Å². The predicted molar refractivity (Wildman–Crippen MR) is 70.3 cm³/mol. The number of hydrogen-bond donors (Lipinski definition) is 1. The molecule has 1 aromatic rings. The van der Waals surface area contributed by atoms with Crippen LogP contribution in [0.2, 0.25) is 0 Å². The zero-order valence-electron chi connectivity index (χ0n) is 11.1. The molecule has 5 heteroatoms. The minimum Gasteiger partial charge on any atom is -0.481 e. The average molecular weight is 275 g/mol. The lowest BCUT2D eigenvalue weighted by Crippen LogP contribution is -2.32. The number of hydrogen-bond acceptors (Lipinski definition) is 3. The van der Waals surface area contributed by atoms with E-state index < -0.39 is 17.8 Å². The minimum atomic E-state index is -0.869. The van der Waals surface area contributed by atoms with E-state index in [1.54, 1.807) is 0 Å². The molecule has 0 spiro atoms. The highest BCUT2D eigenvalue weighted by Gasteiger charge is 2.50. The standard InChI is InChI=1S/C15H17NO4/c17-14-13-8-11(6-7-12(13)15(18)19)16(14)20-9-10-4-2-1-3-5-10/h1-5,11-13H,6-9H2,(H,18,19)/t11-,12-,13?/m1/s1. The minimum absolute atomic E-state index is 0.0341. The zero-order chi connectivity index (χ0) is 14.1. The molecule has 1 saturated heterocycles. The Labute approximate surface area is 117 Å². The summed E-state index contributed by atoms with van der Waals surface area (Å²) in [7, 11) is 0. The molecule has 1 saturated carbocycles. The highest BCUT2D eigenvalue weighted by molar-refractivity contribution is 5.86. The second kappa shape index (κ2) is 5.25. The second-order valence-corrected chi connectivity index (χ2v) is 5.44. The summed E-state index contributed by atoms with van der Waals surface area (Å²) >= 11 is 0. The molecule has 2 fully saturated rings. The van der Waals surface area contributed by atoms with Gasteiger partial charge >= 0.3 is 5.97 Å². The Bertz CT molecular complexity index is 516. The number of rotatable bonds is 4. The van der Waals surface area contributed by atoms with Crippen molar-refractivity contribution in [3.05, 3.63) is 35.9 Å². The van der Waals surface area contributed by atoms with Gasteiger partial charge in [0.1, 0.15) is 6.61 Å². The summed E-state index contributed by atoms with van der Waals surface area (Å²) < 4.78 is 0. The van der Waals surface area contributed by atoms with Crippen molar-refractivity contribution in [1.29, 1.82) is 0 Å². The van der Waals surface area contributed by atoms with Crippen LogP contribution in [0, 0.1) is 11.8 Å². The quantitative estimate of drug-likeness (QED) is 0.910. The highest BCUT2D eigenvalue weighted by atomic mass is 16.7. The summed E-state index contributed by atoms with van der Waals surface area (Å²) in [4.78, 5) is 29.1. The summed E-state index contributed by atoms with van der Waals surface area (Å²) in [6.45, 7) is 0.341. The molecule has 1 unspecified atom stereocenters. The number of aliphatic carboxylic acids is 1. The third kappa shape index (κ3) is 2.29. The Morgan fingerprint density at radius 3 is 2.75 bits per heavy atom. The highest BCUT2D eigenvalue weighted by Crippen LogP contribution is 2.40. The van der Waals surface area contributed by atoms with Crippen molar-refractivity contribution in [2.45, 2.75) is 31.9 Å². The molecular weight excluding hydrogens is 258 g/mol. The molecule has 5 nitrogen and oxygen atoms in total. The molecule has 1 aliphatic heterocycles. The molecular formula is C15H17NO4. The number of carbonyl (C=O) groups is 2. The van der Waals surface area contributed by atoms with Gasteiger partial charge in [0.25, 0.3) is 0 Å². The van der Waals surface area contributed by atoms with Gasteiger partial charge in [-0.2, -0.15) is 0 Å². The molecule has 1 aromatic carbocycles. The molecule has 1 aliphatic carbocycles. The number of benzene rings is 1. The fraction of sp³-hybridized carbons (Fsp3) is 0.467. The smallest absolute Gasteiger partial charge is 0.307 e. The molecule has 20 heavy (non-hydrogen) atoms. The van der Waals surface area contributed by atoms with E-state index >= 15 is 0 Å². The first kappa shape index (κ1) is 13.1. The van der Waals surface area contributed by atoms with Crippen LogP contribution >= 0.6 is 0 Å². The lowest BCUT2D eigenvalue weighted by molar-refractivity contribution is -0.195. The van der Waals surface area contributed by atoms with Crippen LogP contribution in [0.25, 0.3) is 0 Å². The van der Waals surface area contributed by atoms with Crippen LogP contribution in [0.3, 0.4) is 0 Å². The average Bonchev–Trinajstić information content (AvgIpc) is 2.70. The molecule has 0 radical (unpaired) electrons. The van der Waals surface area contributed by atoms with Gasteiger partial charge in [-0.1, -0.05) is 30.3 Å². The summed E-state index contributed by atoms with van der Waals surface area (Å²) in [5.41, 5.74) is 0.997. The maximum absolute atomic E-state index is 12.3. The van der Waals surface area contributed by atoms with E-state index in [2.05, 4.69) is 0 Å². The van der Waals surface area contributed by atoms with Crippen molar-refractivity contribution in [3.8, 4) is 0 Å². The predicted octanol–water partition coefficient (Wildman–Crippen LogP) is 1.83. The van der Waals surface area contributed by atoms with Crippen LogP contribution in [0.5, 0.6) is 0 Å².